The topological polar surface area (TPSA) is 52.5 Å². The van der Waals surface area contributed by atoms with Crippen LogP contribution in [-0.4, -0.2) is 9.38 Å². The van der Waals surface area contributed by atoms with Crippen LogP contribution >= 0.6 is 11.6 Å². The lowest BCUT2D eigenvalue weighted by molar-refractivity contribution is 0.302. The van der Waals surface area contributed by atoms with E-state index in [9.17, 15) is 0 Å². The molecule has 2 heterocycles. The van der Waals surface area contributed by atoms with Gasteiger partial charge in [0.15, 0.2) is 0 Å². The van der Waals surface area contributed by atoms with Crippen LogP contribution < -0.4 is 10.5 Å². The molecule has 3 aromatic rings. The molecule has 1 aromatic carbocycles. The summed E-state index contributed by atoms with van der Waals surface area (Å²) in [5.74, 6) is 0.733. The molecule has 0 amide bonds. The van der Waals surface area contributed by atoms with Crippen LogP contribution in [0.3, 0.4) is 0 Å². The summed E-state index contributed by atoms with van der Waals surface area (Å²) in [6.45, 7) is 2.37. The number of nitrogen functional groups attached to an aromatic ring is 1. The van der Waals surface area contributed by atoms with Gasteiger partial charge in [0.2, 0.25) is 0 Å². The van der Waals surface area contributed by atoms with Crippen molar-refractivity contribution in [2.45, 2.75) is 13.5 Å². The van der Waals surface area contributed by atoms with Crippen molar-refractivity contribution in [3.8, 4) is 5.75 Å². The normalized spacial score (nSPS) is 10.9. The highest BCUT2D eigenvalue weighted by Gasteiger charge is 2.06. The van der Waals surface area contributed by atoms with Gasteiger partial charge < -0.3 is 14.9 Å². The van der Waals surface area contributed by atoms with Crippen LogP contribution in [-0.2, 0) is 6.61 Å². The molecule has 0 fully saturated rings. The Kier molecular flexibility index (Phi) is 3.24. The first-order chi connectivity index (χ1) is 9.61. The van der Waals surface area contributed by atoms with Gasteiger partial charge in [0.05, 0.1) is 10.7 Å². The number of imidazole rings is 1. The van der Waals surface area contributed by atoms with Crippen LogP contribution in [0.25, 0.3) is 5.65 Å². The molecule has 0 saturated heterocycles. The van der Waals surface area contributed by atoms with Crippen LogP contribution in [0.2, 0.25) is 5.02 Å². The van der Waals surface area contributed by atoms with Crippen molar-refractivity contribution in [2.75, 3.05) is 5.73 Å². The van der Waals surface area contributed by atoms with Gasteiger partial charge in [0, 0.05) is 24.1 Å². The zero-order valence-electron chi connectivity index (χ0n) is 11.0. The molecular weight excluding hydrogens is 274 g/mol. The van der Waals surface area contributed by atoms with Crippen molar-refractivity contribution in [3.05, 3.63) is 59.0 Å². The number of rotatable bonds is 3. The van der Waals surface area contributed by atoms with Gasteiger partial charge in [-0.15, -0.1) is 0 Å². The van der Waals surface area contributed by atoms with Crippen molar-refractivity contribution in [2.24, 2.45) is 0 Å². The minimum Gasteiger partial charge on any atom is -0.487 e. The highest BCUT2D eigenvalue weighted by atomic mass is 35.5. The molecule has 20 heavy (non-hydrogen) atoms. The molecule has 3 rings (SSSR count). The molecule has 2 aromatic heterocycles. The molecule has 0 saturated carbocycles. The van der Waals surface area contributed by atoms with E-state index in [4.69, 9.17) is 22.1 Å². The third-order valence-electron chi connectivity index (χ3n) is 3.00. The number of ether oxygens (including phenoxy) is 1. The number of benzene rings is 1. The standard InChI is InChI=1S/C15H14ClN3O/c1-10-5-11(16)7-19-8-13(18-15(10)19)9-20-14-4-2-3-12(17)6-14/h2-8H,9,17H2,1H3. The Morgan fingerprint density at radius 3 is 2.95 bits per heavy atom. The number of anilines is 1. The molecule has 0 aliphatic carbocycles. The van der Waals surface area contributed by atoms with E-state index >= 15 is 0 Å². The SMILES string of the molecule is Cc1cc(Cl)cn2cc(COc3cccc(N)c3)nc12. The Balaban J connectivity index is 1.83. The van der Waals surface area contributed by atoms with E-state index in [1.54, 1.807) is 6.07 Å². The molecule has 5 heteroatoms. The Hall–Kier alpha value is -2.20. The number of nitrogens with zero attached hydrogens (tertiary/aromatic N) is 2. The number of hydrogen-bond donors (Lipinski definition) is 1. The second-order valence-corrected chi connectivity index (χ2v) is 5.10. The molecule has 0 aliphatic heterocycles. The van der Waals surface area contributed by atoms with Gasteiger partial charge >= 0.3 is 0 Å². The van der Waals surface area contributed by atoms with Crippen LogP contribution in [0.1, 0.15) is 11.3 Å². The molecule has 0 atom stereocenters. The monoisotopic (exact) mass is 287 g/mol. The first kappa shape index (κ1) is 12.8. The number of pyridine rings is 1. The van der Waals surface area contributed by atoms with E-state index in [2.05, 4.69) is 4.98 Å². The predicted molar refractivity (Wildman–Crippen MR) is 80.1 cm³/mol. The number of nitrogens with two attached hydrogens (primary N) is 1. The third-order valence-corrected chi connectivity index (χ3v) is 3.20. The van der Waals surface area contributed by atoms with Gasteiger partial charge in [-0.25, -0.2) is 4.98 Å². The van der Waals surface area contributed by atoms with E-state index < -0.39 is 0 Å². The maximum atomic E-state index is 6.03. The number of aryl methyl sites for hydroxylation is 1. The van der Waals surface area contributed by atoms with Crippen LogP contribution in [0, 0.1) is 6.92 Å². The van der Waals surface area contributed by atoms with Crippen molar-refractivity contribution in [1.29, 1.82) is 0 Å². The third kappa shape index (κ3) is 2.56. The molecule has 0 unspecified atom stereocenters. The van der Waals surface area contributed by atoms with Crippen molar-refractivity contribution >= 4 is 22.9 Å². The summed E-state index contributed by atoms with van der Waals surface area (Å²) in [6.07, 6.45) is 3.75. The molecular formula is C15H14ClN3O. The van der Waals surface area contributed by atoms with E-state index in [1.807, 2.05) is 48.0 Å². The van der Waals surface area contributed by atoms with Crippen molar-refractivity contribution in [3.63, 3.8) is 0 Å². The molecule has 2 N–H and O–H groups in total. The van der Waals surface area contributed by atoms with Crippen LogP contribution in [0.15, 0.2) is 42.7 Å². The summed E-state index contributed by atoms with van der Waals surface area (Å²) >= 11 is 6.03. The fourth-order valence-electron chi connectivity index (χ4n) is 2.11. The predicted octanol–water partition coefficient (Wildman–Crippen LogP) is 3.46. The minimum atomic E-state index is 0.391. The fourth-order valence-corrected chi connectivity index (χ4v) is 2.38. The summed E-state index contributed by atoms with van der Waals surface area (Å²) in [6, 6.07) is 9.24. The molecule has 0 aliphatic rings. The fraction of sp³-hybridized carbons (Fsp3) is 0.133. The lowest BCUT2D eigenvalue weighted by Crippen LogP contribution is -1.96. The highest BCUT2D eigenvalue weighted by Crippen LogP contribution is 2.19. The van der Waals surface area contributed by atoms with Crippen LogP contribution in [0.4, 0.5) is 5.69 Å². The molecule has 0 spiro atoms. The van der Waals surface area contributed by atoms with Crippen molar-refractivity contribution in [1.82, 2.24) is 9.38 Å². The Labute approximate surface area is 121 Å². The summed E-state index contributed by atoms with van der Waals surface area (Å²) in [4.78, 5) is 4.54. The van der Waals surface area contributed by atoms with E-state index in [0.717, 1.165) is 22.7 Å². The zero-order valence-corrected chi connectivity index (χ0v) is 11.8. The van der Waals surface area contributed by atoms with E-state index in [-0.39, 0.29) is 0 Å². The maximum absolute atomic E-state index is 6.03. The van der Waals surface area contributed by atoms with Gasteiger partial charge in [-0.2, -0.15) is 0 Å². The Morgan fingerprint density at radius 2 is 2.15 bits per heavy atom. The van der Waals surface area contributed by atoms with E-state index in [1.165, 1.54) is 0 Å². The Bertz CT molecular complexity index is 767. The van der Waals surface area contributed by atoms with Gasteiger partial charge in [-0.05, 0) is 30.7 Å². The van der Waals surface area contributed by atoms with Gasteiger partial charge in [-0.1, -0.05) is 17.7 Å². The van der Waals surface area contributed by atoms with E-state index in [0.29, 0.717) is 17.3 Å². The number of fused-ring (bicyclic) bond motifs is 1. The molecule has 4 nitrogen and oxygen atoms in total. The number of aromatic nitrogens is 2. The largest absolute Gasteiger partial charge is 0.487 e. The first-order valence-electron chi connectivity index (χ1n) is 6.24. The average molecular weight is 288 g/mol. The summed E-state index contributed by atoms with van der Waals surface area (Å²) in [5, 5.41) is 0.690. The van der Waals surface area contributed by atoms with Gasteiger partial charge in [0.1, 0.15) is 18.0 Å². The zero-order chi connectivity index (χ0) is 14.1. The summed E-state index contributed by atoms with van der Waals surface area (Å²) < 4.78 is 7.60. The second kappa shape index (κ2) is 5.06. The highest BCUT2D eigenvalue weighted by molar-refractivity contribution is 6.30. The maximum Gasteiger partial charge on any atom is 0.140 e. The lowest BCUT2D eigenvalue weighted by atomic mass is 10.3. The van der Waals surface area contributed by atoms with Gasteiger partial charge in [-0.3, -0.25) is 0 Å². The summed E-state index contributed by atoms with van der Waals surface area (Å²) in [5.41, 5.74) is 9.16. The first-order valence-corrected chi connectivity index (χ1v) is 6.62. The molecule has 102 valence electrons. The smallest absolute Gasteiger partial charge is 0.140 e. The lowest BCUT2D eigenvalue weighted by Gasteiger charge is -2.04. The second-order valence-electron chi connectivity index (χ2n) is 4.67. The average Bonchev–Trinajstić information content (AvgIpc) is 2.80. The van der Waals surface area contributed by atoms with Gasteiger partial charge in [0.25, 0.3) is 0 Å². The van der Waals surface area contributed by atoms with Crippen molar-refractivity contribution < 1.29 is 4.74 Å². The quantitative estimate of drug-likeness (QED) is 0.751. The molecule has 0 radical (unpaired) electrons. The van der Waals surface area contributed by atoms with Crippen LogP contribution in [0.5, 0.6) is 5.75 Å². The summed E-state index contributed by atoms with van der Waals surface area (Å²) in [7, 11) is 0. The minimum absolute atomic E-state index is 0.391. The number of halogens is 1. The molecule has 0 bridgehead atoms. The number of hydrogen-bond acceptors (Lipinski definition) is 3. The Morgan fingerprint density at radius 1 is 1.30 bits per heavy atom.